The number of imide groups is 1. The summed E-state index contributed by atoms with van der Waals surface area (Å²) in [4.78, 5) is 41.3. The lowest BCUT2D eigenvalue weighted by Crippen LogP contribution is -2.46. The van der Waals surface area contributed by atoms with Crippen LogP contribution in [-0.2, 0) is 9.59 Å². The van der Waals surface area contributed by atoms with E-state index in [9.17, 15) is 14.4 Å². The van der Waals surface area contributed by atoms with Crippen LogP contribution in [0.3, 0.4) is 0 Å². The molecule has 4 amide bonds. The highest BCUT2D eigenvalue weighted by molar-refractivity contribution is 9.11. The summed E-state index contributed by atoms with van der Waals surface area (Å²) < 4.78 is 0.792. The summed E-state index contributed by atoms with van der Waals surface area (Å²) in [6, 6.07) is -0.550. The molecule has 2 rings (SSSR count). The lowest BCUT2D eigenvalue weighted by atomic mass is 9.95. The standard InChI is InChI=1S/C17H22BrN3O3/c1-2-3-4-9-19-15(22)6-5-10-21-16(23)13-11-12(18)7-8-14(13)20-17(21)24/h7-8,11,13H,2-6,9-10H2,1H3,(H,19,22). The second-order valence-corrected chi connectivity index (χ2v) is 6.75. The molecule has 0 saturated carbocycles. The molecule has 24 heavy (non-hydrogen) atoms. The van der Waals surface area contributed by atoms with E-state index in [2.05, 4.69) is 33.2 Å². The number of carbonyl (C=O) groups excluding carboxylic acids is 3. The van der Waals surface area contributed by atoms with Gasteiger partial charge in [-0.1, -0.05) is 41.8 Å². The number of rotatable bonds is 8. The van der Waals surface area contributed by atoms with Crippen LogP contribution in [0.2, 0.25) is 0 Å². The van der Waals surface area contributed by atoms with E-state index >= 15 is 0 Å². The molecule has 0 aromatic heterocycles. The van der Waals surface area contributed by atoms with Crippen molar-refractivity contribution in [3.63, 3.8) is 0 Å². The van der Waals surface area contributed by atoms with Crippen molar-refractivity contribution in [2.24, 2.45) is 10.9 Å². The third kappa shape index (κ3) is 4.87. The molecule has 0 saturated heterocycles. The van der Waals surface area contributed by atoms with Gasteiger partial charge in [-0.3, -0.25) is 14.5 Å². The monoisotopic (exact) mass is 395 g/mol. The number of halogens is 1. The molecule has 0 fully saturated rings. The normalized spacial score (nSPS) is 19.8. The van der Waals surface area contributed by atoms with Gasteiger partial charge in [-0.15, -0.1) is 0 Å². The largest absolute Gasteiger partial charge is 0.356 e. The second kappa shape index (κ2) is 8.92. The summed E-state index contributed by atoms with van der Waals surface area (Å²) in [7, 11) is 0. The third-order valence-corrected chi connectivity index (χ3v) is 4.46. The molecule has 2 aliphatic rings. The van der Waals surface area contributed by atoms with Crippen LogP contribution in [0.15, 0.2) is 27.7 Å². The molecule has 6 nitrogen and oxygen atoms in total. The number of nitrogens with one attached hydrogen (secondary N) is 1. The maximum Gasteiger partial charge on any atom is 0.350 e. The van der Waals surface area contributed by atoms with Crippen LogP contribution in [0, 0.1) is 5.92 Å². The number of fused-ring (bicyclic) bond motifs is 1. The van der Waals surface area contributed by atoms with Crippen molar-refractivity contribution >= 4 is 39.5 Å². The maximum absolute atomic E-state index is 12.5. The number of amides is 4. The predicted molar refractivity (Wildman–Crippen MR) is 96.0 cm³/mol. The summed E-state index contributed by atoms with van der Waals surface area (Å²) >= 11 is 3.33. The first kappa shape index (κ1) is 18.6. The fourth-order valence-corrected chi connectivity index (χ4v) is 3.00. The van der Waals surface area contributed by atoms with Crippen molar-refractivity contribution in [1.82, 2.24) is 10.2 Å². The average Bonchev–Trinajstić information content (AvgIpc) is 2.55. The van der Waals surface area contributed by atoms with Gasteiger partial charge >= 0.3 is 6.03 Å². The van der Waals surface area contributed by atoms with Gasteiger partial charge in [0.15, 0.2) is 0 Å². The Kier molecular flexibility index (Phi) is 6.90. The van der Waals surface area contributed by atoms with E-state index in [0.29, 0.717) is 25.1 Å². The fraction of sp³-hybridized carbons (Fsp3) is 0.529. The maximum atomic E-state index is 12.5. The Morgan fingerprint density at radius 3 is 2.83 bits per heavy atom. The number of hydrogen-bond donors (Lipinski definition) is 1. The van der Waals surface area contributed by atoms with E-state index in [-0.39, 0.29) is 18.4 Å². The zero-order chi connectivity index (χ0) is 17.5. The fourth-order valence-electron chi connectivity index (χ4n) is 2.60. The highest BCUT2D eigenvalue weighted by Gasteiger charge is 2.36. The molecule has 0 radical (unpaired) electrons. The van der Waals surface area contributed by atoms with Crippen molar-refractivity contribution in [3.05, 3.63) is 22.7 Å². The van der Waals surface area contributed by atoms with Crippen molar-refractivity contribution in [2.45, 2.75) is 39.0 Å². The van der Waals surface area contributed by atoms with Gasteiger partial charge in [-0.25, -0.2) is 4.79 Å². The van der Waals surface area contributed by atoms with Crippen LogP contribution in [0.1, 0.15) is 39.0 Å². The van der Waals surface area contributed by atoms with Crippen LogP contribution in [0.4, 0.5) is 4.79 Å². The van der Waals surface area contributed by atoms with Crippen molar-refractivity contribution in [3.8, 4) is 0 Å². The average molecular weight is 396 g/mol. The first-order valence-corrected chi connectivity index (χ1v) is 9.08. The first-order chi connectivity index (χ1) is 11.5. The highest BCUT2D eigenvalue weighted by Crippen LogP contribution is 2.24. The highest BCUT2D eigenvalue weighted by atomic mass is 79.9. The molecular formula is C17H22BrN3O3. The Balaban J connectivity index is 1.82. The minimum Gasteiger partial charge on any atom is -0.356 e. The van der Waals surface area contributed by atoms with Crippen molar-refractivity contribution in [2.75, 3.05) is 13.1 Å². The van der Waals surface area contributed by atoms with E-state index in [4.69, 9.17) is 0 Å². The SMILES string of the molecule is CCCCCNC(=O)CCCN1C(=O)N=C2C=CC(Br)=CC2C1=O. The number of nitrogens with zero attached hydrogens (tertiary/aromatic N) is 2. The van der Waals surface area contributed by atoms with Crippen LogP contribution in [0.25, 0.3) is 0 Å². The lowest BCUT2D eigenvalue weighted by Gasteiger charge is -2.28. The van der Waals surface area contributed by atoms with Gasteiger partial charge in [0.2, 0.25) is 11.8 Å². The predicted octanol–water partition coefficient (Wildman–Crippen LogP) is 2.94. The minimum atomic E-state index is -0.550. The van der Waals surface area contributed by atoms with Gasteiger partial charge in [-0.2, -0.15) is 4.99 Å². The van der Waals surface area contributed by atoms with E-state index in [0.717, 1.165) is 28.6 Å². The molecular weight excluding hydrogens is 374 g/mol. The smallest absolute Gasteiger partial charge is 0.350 e. The van der Waals surface area contributed by atoms with Gasteiger partial charge in [0.1, 0.15) is 5.92 Å². The molecule has 1 unspecified atom stereocenters. The van der Waals surface area contributed by atoms with Gasteiger partial charge in [0, 0.05) is 24.0 Å². The summed E-state index contributed by atoms with van der Waals surface area (Å²) in [5.41, 5.74) is 0.470. The van der Waals surface area contributed by atoms with E-state index in [1.165, 1.54) is 0 Å². The molecule has 0 bridgehead atoms. The van der Waals surface area contributed by atoms with Crippen molar-refractivity contribution < 1.29 is 14.4 Å². The zero-order valence-electron chi connectivity index (χ0n) is 13.8. The molecule has 7 heteroatoms. The van der Waals surface area contributed by atoms with E-state index in [1.807, 2.05) is 0 Å². The van der Waals surface area contributed by atoms with Gasteiger partial charge in [0.05, 0.1) is 5.71 Å². The van der Waals surface area contributed by atoms with E-state index in [1.54, 1.807) is 18.2 Å². The molecule has 130 valence electrons. The van der Waals surface area contributed by atoms with Crippen LogP contribution in [0.5, 0.6) is 0 Å². The second-order valence-electron chi connectivity index (χ2n) is 5.83. The Morgan fingerprint density at radius 1 is 1.29 bits per heavy atom. The number of hydrogen-bond acceptors (Lipinski definition) is 3. The Hall–Kier alpha value is -1.76. The van der Waals surface area contributed by atoms with Gasteiger partial charge in [-0.05, 0) is 25.0 Å². The number of carbonyl (C=O) groups is 3. The zero-order valence-corrected chi connectivity index (χ0v) is 15.3. The third-order valence-electron chi connectivity index (χ3n) is 3.93. The minimum absolute atomic E-state index is 0.0459. The number of aliphatic imine (C=N–C) groups is 1. The Morgan fingerprint density at radius 2 is 2.08 bits per heavy atom. The summed E-state index contributed by atoms with van der Waals surface area (Å²) in [5.74, 6) is -0.852. The van der Waals surface area contributed by atoms with Crippen LogP contribution in [-0.4, -0.2) is 41.5 Å². The number of urea groups is 1. The molecule has 1 aliphatic heterocycles. The lowest BCUT2D eigenvalue weighted by molar-refractivity contribution is -0.130. The van der Waals surface area contributed by atoms with E-state index < -0.39 is 11.9 Å². The molecule has 0 aromatic rings. The quantitative estimate of drug-likeness (QED) is 0.641. The molecule has 0 aromatic carbocycles. The van der Waals surface area contributed by atoms with Gasteiger partial charge in [0.25, 0.3) is 0 Å². The summed E-state index contributed by atoms with van der Waals surface area (Å²) in [6.45, 7) is 3.00. The van der Waals surface area contributed by atoms with Crippen molar-refractivity contribution in [1.29, 1.82) is 0 Å². The molecule has 1 N–H and O–H groups in total. The first-order valence-electron chi connectivity index (χ1n) is 8.29. The summed E-state index contributed by atoms with van der Waals surface area (Å²) in [5, 5.41) is 2.85. The Bertz CT molecular complexity index is 610. The molecule has 1 atom stereocenters. The Labute approximate surface area is 150 Å². The molecule has 1 heterocycles. The number of unbranched alkanes of at least 4 members (excludes halogenated alkanes) is 2. The van der Waals surface area contributed by atoms with Gasteiger partial charge < -0.3 is 5.32 Å². The van der Waals surface area contributed by atoms with Crippen LogP contribution < -0.4 is 5.32 Å². The topological polar surface area (TPSA) is 78.8 Å². The molecule has 0 spiro atoms. The van der Waals surface area contributed by atoms with Crippen LogP contribution >= 0.6 is 15.9 Å². The number of allylic oxidation sites excluding steroid dienone is 3. The summed E-state index contributed by atoms with van der Waals surface area (Å²) in [6.07, 6.45) is 9.08. The molecule has 1 aliphatic carbocycles.